The lowest BCUT2D eigenvalue weighted by atomic mass is 9.98. The van der Waals surface area contributed by atoms with E-state index in [9.17, 15) is 14.3 Å². The molecule has 1 heterocycles. The number of nitrogens with one attached hydrogen (secondary N) is 3. The minimum Gasteiger partial charge on any atom is -0.389 e. The van der Waals surface area contributed by atoms with Gasteiger partial charge in [0.15, 0.2) is 0 Å². The third-order valence-electron chi connectivity index (χ3n) is 5.08. The Morgan fingerprint density at radius 1 is 1.23 bits per heavy atom. The number of hydrazine groups is 1. The van der Waals surface area contributed by atoms with Gasteiger partial charge in [-0.2, -0.15) is 0 Å². The number of amides is 1. The first-order valence-corrected chi connectivity index (χ1v) is 9.45. The molecule has 144 valence electrons. The Labute approximate surface area is 153 Å². The number of aliphatic hydroxyl groups is 1. The second-order valence-electron chi connectivity index (χ2n) is 7.17. The number of hydrogen-bond donors (Lipinski definition) is 4. The van der Waals surface area contributed by atoms with Crippen molar-refractivity contribution in [3.05, 3.63) is 35.6 Å². The Hall–Kier alpha value is -1.54. The molecule has 0 radical (unpaired) electrons. The van der Waals surface area contributed by atoms with Crippen LogP contribution in [0.3, 0.4) is 0 Å². The molecular formula is C19H28FN3O3. The fraction of sp³-hybridized carbons (Fsp3) is 0.632. The van der Waals surface area contributed by atoms with E-state index < -0.39 is 12.1 Å². The molecule has 2 fully saturated rings. The van der Waals surface area contributed by atoms with E-state index in [0.29, 0.717) is 6.42 Å². The van der Waals surface area contributed by atoms with Gasteiger partial charge >= 0.3 is 0 Å². The molecule has 2 aliphatic rings. The van der Waals surface area contributed by atoms with Crippen molar-refractivity contribution < 1.29 is 19.0 Å². The Balaban J connectivity index is 1.36. The van der Waals surface area contributed by atoms with Gasteiger partial charge in [-0.3, -0.25) is 4.79 Å². The number of carbonyl (C=O) groups excluding carboxylic acids is 1. The zero-order valence-electron chi connectivity index (χ0n) is 14.9. The van der Waals surface area contributed by atoms with Crippen LogP contribution < -0.4 is 16.2 Å². The van der Waals surface area contributed by atoms with Crippen molar-refractivity contribution in [2.45, 2.75) is 62.8 Å². The van der Waals surface area contributed by atoms with Crippen LogP contribution in [0.5, 0.6) is 0 Å². The monoisotopic (exact) mass is 365 g/mol. The van der Waals surface area contributed by atoms with Gasteiger partial charge < -0.3 is 15.2 Å². The minimum atomic E-state index is -0.705. The third-order valence-corrected chi connectivity index (χ3v) is 5.08. The average molecular weight is 365 g/mol. The maximum Gasteiger partial charge on any atom is 0.238 e. The molecular weight excluding hydrogens is 337 g/mol. The summed E-state index contributed by atoms with van der Waals surface area (Å²) >= 11 is 0. The fourth-order valence-electron chi connectivity index (χ4n) is 3.52. The van der Waals surface area contributed by atoms with Gasteiger partial charge in [-0.25, -0.2) is 15.2 Å². The first kappa shape index (κ1) is 19.2. The Morgan fingerprint density at radius 3 is 2.69 bits per heavy atom. The summed E-state index contributed by atoms with van der Waals surface area (Å²) in [6.07, 6.45) is 5.85. The van der Waals surface area contributed by atoms with Crippen LogP contribution >= 0.6 is 0 Å². The Bertz CT molecular complexity index is 578. The highest BCUT2D eigenvalue weighted by Crippen LogP contribution is 2.22. The van der Waals surface area contributed by atoms with Crippen LogP contribution in [0.1, 0.15) is 50.1 Å². The molecule has 0 aromatic heterocycles. The van der Waals surface area contributed by atoms with Crippen LogP contribution in [-0.4, -0.2) is 42.4 Å². The summed E-state index contributed by atoms with van der Waals surface area (Å²) in [5.41, 5.74) is 6.94. The smallest absolute Gasteiger partial charge is 0.238 e. The van der Waals surface area contributed by atoms with Crippen LogP contribution in [0.2, 0.25) is 0 Å². The molecule has 3 unspecified atom stereocenters. The molecule has 3 rings (SSSR count). The molecule has 6 nitrogen and oxygen atoms in total. The summed E-state index contributed by atoms with van der Waals surface area (Å²) < 4.78 is 18.7. The Kier molecular flexibility index (Phi) is 6.96. The standard InChI is InChI=1S/C19H28FN3O3/c20-14-8-6-13(7-9-14)17-10-18(23-22-17)19(25)21-11-15(24)12-26-16-4-2-1-3-5-16/h6-9,15-18,22-24H,1-5,10-12H2,(H,21,25). The van der Waals surface area contributed by atoms with Crippen molar-refractivity contribution in [1.82, 2.24) is 16.2 Å². The first-order valence-electron chi connectivity index (χ1n) is 9.45. The molecule has 4 N–H and O–H groups in total. The molecule has 0 bridgehead atoms. The van der Waals surface area contributed by atoms with Gasteiger partial charge in [0.25, 0.3) is 0 Å². The first-order chi connectivity index (χ1) is 12.6. The average Bonchev–Trinajstić information content (AvgIpc) is 3.16. The topological polar surface area (TPSA) is 82.6 Å². The van der Waals surface area contributed by atoms with E-state index >= 15 is 0 Å². The summed E-state index contributed by atoms with van der Waals surface area (Å²) in [5, 5.41) is 12.8. The summed E-state index contributed by atoms with van der Waals surface area (Å²) in [4.78, 5) is 12.3. The number of aliphatic hydroxyl groups excluding tert-OH is 1. The molecule has 26 heavy (non-hydrogen) atoms. The summed E-state index contributed by atoms with van der Waals surface area (Å²) in [7, 11) is 0. The number of benzene rings is 1. The van der Waals surface area contributed by atoms with Crippen LogP contribution in [0, 0.1) is 5.82 Å². The number of rotatable bonds is 7. The molecule has 0 spiro atoms. The quantitative estimate of drug-likeness (QED) is 0.590. The molecule has 1 aromatic rings. The van der Waals surface area contributed by atoms with Crippen molar-refractivity contribution in [2.75, 3.05) is 13.2 Å². The van der Waals surface area contributed by atoms with Gasteiger partial charge in [0.2, 0.25) is 5.91 Å². The summed E-state index contributed by atoms with van der Waals surface area (Å²) in [6, 6.07) is 5.80. The largest absolute Gasteiger partial charge is 0.389 e. The fourth-order valence-corrected chi connectivity index (χ4v) is 3.52. The highest BCUT2D eigenvalue weighted by Gasteiger charge is 2.30. The maximum absolute atomic E-state index is 13.0. The lowest BCUT2D eigenvalue weighted by Crippen LogP contribution is -2.46. The van der Waals surface area contributed by atoms with Crippen LogP contribution in [0.25, 0.3) is 0 Å². The van der Waals surface area contributed by atoms with Crippen molar-refractivity contribution >= 4 is 5.91 Å². The highest BCUT2D eigenvalue weighted by atomic mass is 19.1. The summed E-state index contributed by atoms with van der Waals surface area (Å²) in [6.45, 7) is 0.421. The second kappa shape index (κ2) is 9.41. The van der Waals surface area contributed by atoms with E-state index in [-0.39, 0.29) is 37.0 Å². The second-order valence-corrected chi connectivity index (χ2v) is 7.17. The lowest BCUT2D eigenvalue weighted by Gasteiger charge is -2.23. The van der Waals surface area contributed by atoms with Gasteiger partial charge in [0.1, 0.15) is 11.9 Å². The molecule has 1 aliphatic carbocycles. The van der Waals surface area contributed by atoms with Gasteiger partial charge in [-0.1, -0.05) is 31.4 Å². The van der Waals surface area contributed by atoms with Gasteiger partial charge in [-0.05, 0) is 37.0 Å². The predicted molar refractivity (Wildman–Crippen MR) is 95.7 cm³/mol. The normalized spacial score (nSPS) is 25.2. The molecule has 1 saturated heterocycles. The third kappa shape index (κ3) is 5.48. The molecule has 7 heteroatoms. The maximum atomic E-state index is 13.0. The van der Waals surface area contributed by atoms with E-state index in [1.54, 1.807) is 12.1 Å². The van der Waals surface area contributed by atoms with Crippen LogP contribution in [0.15, 0.2) is 24.3 Å². The van der Waals surface area contributed by atoms with Gasteiger partial charge in [0.05, 0.1) is 18.8 Å². The van der Waals surface area contributed by atoms with E-state index in [0.717, 1.165) is 18.4 Å². The van der Waals surface area contributed by atoms with Crippen molar-refractivity contribution in [3.63, 3.8) is 0 Å². The van der Waals surface area contributed by atoms with E-state index in [1.165, 1.54) is 31.4 Å². The predicted octanol–water partition coefficient (Wildman–Crippen LogP) is 1.56. The van der Waals surface area contributed by atoms with E-state index in [4.69, 9.17) is 4.74 Å². The number of carbonyl (C=O) groups is 1. The minimum absolute atomic E-state index is 0.0501. The van der Waals surface area contributed by atoms with E-state index in [1.807, 2.05) is 0 Å². The van der Waals surface area contributed by atoms with Gasteiger partial charge in [0, 0.05) is 12.6 Å². The molecule has 1 amide bonds. The van der Waals surface area contributed by atoms with Crippen molar-refractivity contribution in [2.24, 2.45) is 0 Å². The zero-order chi connectivity index (χ0) is 18.4. The van der Waals surface area contributed by atoms with Crippen LogP contribution in [-0.2, 0) is 9.53 Å². The highest BCUT2D eigenvalue weighted by molar-refractivity contribution is 5.82. The summed E-state index contributed by atoms with van der Waals surface area (Å²) in [5.74, 6) is -0.447. The van der Waals surface area contributed by atoms with Gasteiger partial charge in [-0.15, -0.1) is 0 Å². The molecule has 1 aliphatic heterocycles. The van der Waals surface area contributed by atoms with Crippen molar-refractivity contribution in [3.8, 4) is 0 Å². The van der Waals surface area contributed by atoms with E-state index in [2.05, 4.69) is 16.2 Å². The van der Waals surface area contributed by atoms with Crippen molar-refractivity contribution in [1.29, 1.82) is 0 Å². The number of hydrogen-bond acceptors (Lipinski definition) is 5. The number of ether oxygens (including phenoxy) is 1. The van der Waals surface area contributed by atoms with Crippen LogP contribution in [0.4, 0.5) is 4.39 Å². The Morgan fingerprint density at radius 2 is 1.96 bits per heavy atom. The lowest BCUT2D eigenvalue weighted by molar-refractivity contribution is -0.123. The zero-order valence-corrected chi connectivity index (χ0v) is 14.9. The molecule has 1 aromatic carbocycles. The number of halogens is 1. The molecule has 3 atom stereocenters. The molecule has 1 saturated carbocycles. The SMILES string of the molecule is O=C(NCC(O)COC1CCCCC1)C1CC(c2ccc(F)cc2)NN1.